The number of hydrogen-bond donors (Lipinski definition) is 1. The lowest BCUT2D eigenvalue weighted by atomic mass is 10.1. The second-order valence-electron chi connectivity index (χ2n) is 5.21. The maximum atomic E-state index is 12.1. The van der Waals surface area contributed by atoms with Gasteiger partial charge in [-0.05, 0) is 43.1 Å². The van der Waals surface area contributed by atoms with Gasteiger partial charge in [0, 0.05) is 31.4 Å². The minimum absolute atomic E-state index is 0.0347. The van der Waals surface area contributed by atoms with Gasteiger partial charge in [0.05, 0.1) is 6.04 Å². The van der Waals surface area contributed by atoms with E-state index in [0.29, 0.717) is 17.3 Å². The van der Waals surface area contributed by atoms with Crippen LogP contribution in [0.1, 0.15) is 18.4 Å². The van der Waals surface area contributed by atoms with E-state index in [1.54, 1.807) is 25.1 Å². The summed E-state index contributed by atoms with van der Waals surface area (Å²) in [6.45, 7) is 1.60. The van der Waals surface area contributed by atoms with Gasteiger partial charge in [-0.1, -0.05) is 11.6 Å². The van der Waals surface area contributed by atoms with Crippen LogP contribution in [0, 0.1) is 0 Å². The molecule has 1 atom stereocenters. The lowest BCUT2D eigenvalue weighted by Crippen LogP contribution is -2.42. The van der Waals surface area contributed by atoms with E-state index >= 15 is 0 Å². The van der Waals surface area contributed by atoms with E-state index in [4.69, 9.17) is 17.3 Å². The van der Waals surface area contributed by atoms with Gasteiger partial charge in [0.2, 0.25) is 5.91 Å². The number of nitrogens with two attached hydrogens (primary N) is 1. The average molecular weight is 282 g/mol. The number of nitrogens with zero attached hydrogens (tertiary/aromatic N) is 2. The first-order valence-electron chi connectivity index (χ1n) is 6.48. The number of carbonyl (C=O) groups is 1. The van der Waals surface area contributed by atoms with Crippen molar-refractivity contribution >= 4 is 23.2 Å². The molecule has 5 heteroatoms. The van der Waals surface area contributed by atoms with Gasteiger partial charge in [-0.15, -0.1) is 0 Å². The molecule has 0 saturated carbocycles. The number of halogens is 1. The summed E-state index contributed by atoms with van der Waals surface area (Å²) < 4.78 is 0. The largest absolute Gasteiger partial charge is 0.399 e. The van der Waals surface area contributed by atoms with Gasteiger partial charge in [0.25, 0.3) is 0 Å². The van der Waals surface area contributed by atoms with Crippen LogP contribution in [0.4, 0.5) is 5.69 Å². The summed E-state index contributed by atoms with van der Waals surface area (Å²) in [6.07, 6.45) is 1.96. The second-order valence-corrected chi connectivity index (χ2v) is 5.62. The van der Waals surface area contributed by atoms with Gasteiger partial charge in [-0.3, -0.25) is 9.69 Å². The topological polar surface area (TPSA) is 49.6 Å². The first-order chi connectivity index (χ1) is 8.99. The van der Waals surface area contributed by atoms with E-state index in [1.807, 2.05) is 12.1 Å². The Hall–Kier alpha value is -1.26. The molecule has 1 aliphatic rings. The number of benzene rings is 1. The number of amides is 1. The SMILES string of the molecule is CN(C)C(=O)C1CCCN1Cc1cc(N)ccc1Cl. The van der Waals surface area contributed by atoms with E-state index < -0.39 is 0 Å². The van der Waals surface area contributed by atoms with Gasteiger partial charge in [0.1, 0.15) is 0 Å². The summed E-state index contributed by atoms with van der Waals surface area (Å²) in [5.74, 6) is 0.164. The summed E-state index contributed by atoms with van der Waals surface area (Å²) in [5.41, 5.74) is 7.48. The molecule has 1 saturated heterocycles. The molecular formula is C14H20ClN3O. The lowest BCUT2D eigenvalue weighted by Gasteiger charge is -2.26. The Balaban J connectivity index is 2.13. The number of likely N-dealkylation sites (tertiary alicyclic amines) is 1. The summed E-state index contributed by atoms with van der Waals surface area (Å²) in [7, 11) is 3.60. The summed E-state index contributed by atoms with van der Waals surface area (Å²) in [6, 6.07) is 5.45. The molecule has 0 spiro atoms. The fourth-order valence-electron chi connectivity index (χ4n) is 2.53. The molecule has 1 amide bonds. The zero-order chi connectivity index (χ0) is 14.0. The quantitative estimate of drug-likeness (QED) is 0.862. The Morgan fingerprint density at radius 3 is 2.95 bits per heavy atom. The van der Waals surface area contributed by atoms with E-state index in [0.717, 1.165) is 24.9 Å². The van der Waals surface area contributed by atoms with Gasteiger partial charge in [-0.2, -0.15) is 0 Å². The third kappa shape index (κ3) is 3.19. The van der Waals surface area contributed by atoms with Crippen LogP contribution in [0.2, 0.25) is 5.02 Å². The van der Waals surface area contributed by atoms with Gasteiger partial charge in [-0.25, -0.2) is 0 Å². The summed E-state index contributed by atoms with van der Waals surface area (Å²) in [4.78, 5) is 16.0. The van der Waals surface area contributed by atoms with Crippen LogP contribution in [-0.4, -0.2) is 42.4 Å². The molecule has 19 heavy (non-hydrogen) atoms. The first kappa shape index (κ1) is 14.2. The number of anilines is 1. The molecule has 4 nitrogen and oxygen atoms in total. The predicted octanol–water partition coefficient (Wildman–Crippen LogP) is 1.97. The fraction of sp³-hybridized carbons (Fsp3) is 0.500. The second kappa shape index (κ2) is 5.80. The van der Waals surface area contributed by atoms with E-state index in [-0.39, 0.29) is 11.9 Å². The number of rotatable bonds is 3. The van der Waals surface area contributed by atoms with Crippen LogP contribution in [0.3, 0.4) is 0 Å². The van der Waals surface area contributed by atoms with Gasteiger partial charge < -0.3 is 10.6 Å². The maximum absolute atomic E-state index is 12.1. The van der Waals surface area contributed by atoms with Crippen LogP contribution in [0.15, 0.2) is 18.2 Å². The van der Waals surface area contributed by atoms with Crippen LogP contribution < -0.4 is 5.73 Å². The van der Waals surface area contributed by atoms with Crippen LogP contribution in [-0.2, 0) is 11.3 Å². The van der Waals surface area contributed by atoms with Crippen molar-refractivity contribution in [3.8, 4) is 0 Å². The standard InChI is InChI=1S/C14H20ClN3O/c1-17(2)14(19)13-4-3-7-18(13)9-10-8-11(16)5-6-12(10)15/h5-6,8,13H,3-4,7,9,16H2,1-2H3. The third-order valence-electron chi connectivity index (χ3n) is 3.53. The van der Waals surface area contributed by atoms with Crippen LogP contribution >= 0.6 is 11.6 Å². The van der Waals surface area contributed by atoms with Crippen molar-refractivity contribution in [3.63, 3.8) is 0 Å². The number of nitrogen functional groups attached to an aromatic ring is 1. The van der Waals surface area contributed by atoms with Crippen LogP contribution in [0.5, 0.6) is 0 Å². The molecule has 1 unspecified atom stereocenters. The van der Waals surface area contributed by atoms with Crippen LogP contribution in [0.25, 0.3) is 0 Å². The molecule has 1 aromatic rings. The van der Waals surface area contributed by atoms with Crippen molar-refractivity contribution in [1.82, 2.24) is 9.80 Å². The van der Waals surface area contributed by atoms with Crippen molar-refractivity contribution < 1.29 is 4.79 Å². The van der Waals surface area contributed by atoms with Gasteiger partial charge in [0.15, 0.2) is 0 Å². The van der Waals surface area contributed by atoms with Crippen molar-refractivity contribution in [3.05, 3.63) is 28.8 Å². The molecule has 0 aromatic heterocycles. The highest BCUT2D eigenvalue weighted by atomic mass is 35.5. The molecule has 0 bridgehead atoms. The molecule has 1 fully saturated rings. The Morgan fingerprint density at radius 2 is 2.26 bits per heavy atom. The third-order valence-corrected chi connectivity index (χ3v) is 3.90. The van der Waals surface area contributed by atoms with Crippen molar-refractivity contribution in [2.45, 2.75) is 25.4 Å². The Kier molecular flexibility index (Phi) is 4.32. The Morgan fingerprint density at radius 1 is 1.53 bits per heavy atom. The molecule has 1 aliphatic heterocycles. The van der Waals surface area contributed by atoms with E-state index in [9.17, 15) is 4.79 Å². The monoisotopic (exact) mass is 281 g/mol. The zero-order valence-electron chi connectivity index (χ0n) is 11.4. The smallest absolute Gasteiger partial charge is 0.239 e. The highest BCUT2D eigenvalue weighted by Gasteiger charge is 2.31. The van der Waals surface area contributed by atoms with Crippen molar-refractivity contribution in [1.29, 1.82) is 0 Å². The molecule has 1 aromatic carbocycles. The molecule has 2 N–H and O–H groups in total. The van der Waals surface area contributed by atoms with Crippen molar-refractivity contribution in [2.24, 2.45) is 0 Å². The summed E-state index contributed by atoms with van der Waals surface area (Å²) in [5, 5.41) is 0.706. The normalized spacial score (nSPS) is 19.6. The van der Waals surface area contributed by atoms with E-state index in [1.165, 1.54) is 0 Å². The fourth-order valence-corrected chi connectivity index (χ4v) is 2.71. The Bertz CT molecular complexity index is 476. The molecule has 0 aliphatic carbocycles. The molecule has 1 heterocycles. The molecule has 104 valence electrons. The highest BCUT2D eigenvalue weighted by Crippen LogP contribution is 2.25. The van der Waals surface area contributed by atoms with Crippen molar-refractivity contribution in [2.75, 3.05) is 26.4 Å². The predicted molar refractivity (Wildman–Crippen MR) is 78.0 cm³/mol. The maximum Gasteiger partial charge on any atom is 0.239 e. The van der Waals surface area contributed by atoms with E-state index in [2.05, 4.69) is 4.90 Å². The molecule has 2 rings (SSSR count). The minimum Gasteiger partial charge on any atom is -0.399 e. The molecule has 0 radical (unpaired) electrons. The highest BCUT2D eigenvalue weighted by molar-refractivity contribution is 6.31. The number of carbonyl (C=O) groups excluding carboxylic acids is 1. The van der Waals surface area contributed by atoms with Gasteiger partial charge >= 0.3 is 0 Å². The summed E-state index contributed by atoms with van der Waals surface area (Å²) >= 11 is 6.19. The number of likely N-dealkylation sites (N-methyl/N-ethyl adjacent to an activating group) is 1. The zero-order valence-corrected chi connectivity index (χ0v) is 12.2. The molecular weight excluding hydrogens is 262 g/mol. The first-order valence-corrected chi connectivity index (χ1v) is 6.86. The minimum atomic E-state index is -0.0347. The number of hydrogen-bond acceptors (Lipinski definition) is 3. The lowest BCUT2D eigenvalue weighted by molar-refractivity contribution is -0.133. The Labute approximate surface area is 119 Å². The average Bonchev–Trinajstić information content (AvgIpc) is 2.81.